The van der Waals surface area contributed by atoms with E-state index in [0.717, 1.165) is 0 Å². The van der Waals surface area contributed by atoms with Crippen molar-refractivity contribution in [2.45, 2.75) is 6.92 Å². The van der Waals surface area contributed by atoms with Crippen LogP contribution in [0, 0.1) is 17.0 Å². The molecule has 2 aromatic rings. The van der Waals surface area contributed by atoms with Crippen molar-refractivity contribution in [2.75, 3.05) is 0 Å². The fourth-order valence-electron chi connectivity index (χ4n) is 1.60. The third-order valence-corrected chi connectivity index (χ3v) is 3.15. The molecule has 98 valence electrons. The molecule has 2 rings (SSSR count). The summed E-state index contributed by atoms with van der Waals surface area (Å²) >= 11 is 3.27. The van der Waals surface area contributed by atoms with Crippen molar-refractivity contribution in [1.82, 2.24) is 9.78 Å². The molecule has 0 radical (unpaired) electrons. The van der Waals surface area contributed by atoms with Crippen molar-refractivity contribution < 1.29 is 14.8 Å². The number of aromatic nitrogens is 2. The smallest absolute Gasteiger partial charge is 0.356 e. The maximum absolute atomic E-state index is 10.9. The van der Waals surface area contributed by atoms with Crippen LogP contribution in [0.5, 0.6) is 0 Å². The Morgan fingerprint density at radius 3 is 2.68 bits per heavy atom. The predicted octanol–water partition coefficient (Wildman–Crippen LogP) is 2.55. The Labute approximate surface area is 115 Å². The van der Waals surface area contributed by atoms with Gasteiger partial charge in [0.05, 0.1) is 10.6 Å². The van der Waals surface area contributed by atoms with E-state index in [4.69, 9.17) is 5.11 Å². The number of aryl methyl sites for hydroxylation is 1. The molecule has 0 fully saturated rings. The number of hydrogen-bond acceptors (Lipinski definition) is 4. The summed E-state index contributed by atoms with van der Waals surface area (Å²) in [7, 11) is 0. The number of non-ortho nitro benzene ring substituents is 1. The first-order valence-electron chi connectivity index (χ1n) is 5.14. The number of benzene rings is 1. The fourth-order valence-corrected chi connectivity index (χ4v) is 2.01. The normalized spacial score (nSPS) is 10.4. The summed E-state index contributed by atoms with van der Waals surface area (Å²) in [4.78, 5) is 21.1. The monoisotopic (exact) mass is 325 g/mol. The maximum Gasteiger partial charge on any atom is 0.356 e. The SMILES string of the molecule is Cc1cc(C(=O)O)nn1-c1cc([N+](=O)[O-])ccc1Br. The van der Waals surface area contributed by atoms with Gasteiger partial charge in [0.15, 0.2) is 5.69 Å². The number of carboxylic acid groups (broad SMARTS) is 1. The van der Waals surface area contributed by atoms with Gasteiger partial charge in [-0.1, -0.05) is 0 Å². The average molecular weight is 326 g/mol. The number of carbonyl (C=O) groups is 1. The number of nitro groups is 1. The summed E-state index contributed by atoms with van der Waals surface area (Å²) in [6, 6.07) is 5.60. The van der Waals surface area contributed by atoms with Gasteiger partial charge < -0.3 is 5.11 Å². The highest BCUT2D eigenvalue weighted by Crippen LogP contribution is 2.26. The Balaban J connectivity index is 2.61. The highest BCUT2D eigenvalue weighted by atomic mass is 79.9. The van der Waals surface area contributed by atoms with E-state index in [2.05, 4.69) is 21.0 Å². The van der Waals surface area contributed by atoms with Crippen LogP contribution < -0.4 is 0 Å². The van der Waals surface area contributed by atoms with E-state index in [1.54, 1.807) is 6.92 Å². The number of halogens is 1. The van der Waals surface area contributed by atoms with Crippen LogP contribution in [0.3, 0.4) is 0 Å². The fraction of sp³-hybridized carbons (Fsp3) is 0.0909. The third kappa shape index (κ3) is 2.48. The van der Waals surface area contributed by atoms with Crippen LogP contribution in [0.4, 0.5) is 5.69 Å². The molecule has 0 saturated heterocycles. The summed E-state index contributed by atoms with van der Waals surface area (Å²) in [6.45, 7) is 1.67. The molecule has 0 aliphatic heterocycles. The van der Waals surface area contributed by atoms with Crippen molar-refractivity contribution in [3.05, 3.63) is 50.2 Å². The van der Waals surface area contributed by atoms with Crippen molar-refractivity contribution in [3.8, 4) is 5.69 Å². The largest absolute Gasteiger partial charge is 0.476 e. The Morgan fingerprint density at radius 1 is 1.47 bits per heavy atom. The molecule has 8 heteroatoms. The van der Waals surface area contributed by atoms with Crippen LogP contribution in [0.15, 0.2) is 28.7 Å². The van der Waals surface area contributed by atoms with Crippen LogP contribution in [0.1, 0.15) is 16.2 Å². The van der Waals surface area contributed by atoms with Crippen molar-refractivity contribution in [1.29, 1.82) is 0 Å². The number of aromatic carboxylic acids is 1. The molecular formula is C11H8BrN3O4. The predicted molar refractivity (Wildman–Crippen MR) is 69.6 cm³/mol. The van der Waals surface area contributed by atoms with Gasteiger partial charge >= 0.3 is 5.97 Å². The second-order valence-corrected chi connectivity index (χ2v) is 4.64. The minimum atomic E-state index is -1.15. The van der Waals surface area contributed by atoms with E-state index < -0.39 is 10.9 Å². The zero-order valence-corrected chi connectivity index (χ0v) is 11.3. The third-order valence-electron chi connectivity index (χ3n) is 2.48. The van der Waals surface area contributed by atoms with E-state index in [9.17, 15) is 14.9 Å². The Kier molecular flexibility index (Phi) is 3.34. The number of hydrogen-bond donors (Lipinski definition) is 1. The Bertz CT molecular complexity index is 681. The lowest BCUT2D eigenvalue weighted by molar-refractivity contribution is -0.384. The quantitative estimate of drug-likeness (QED) is 0.690. The standard InChI is InChI=1S/C11H8BrN3O4/c1-6-4-9(11(16)17)13-14(6)10-5-7(15(18)19)2-3-8(10)12/h2-5H,1H3,(H,16,17). The number of carboxylic acids is 1. The molecule has 0 saturated carbocycles. The molecular weight excluding hydrogens is 318 g/mol. The van der Waals surface area contributed by atoms with Gasteiger partial charge in [-0.25, -0.2) is 9.48 Å². The highest BCUT2D eigenvalue weighted by molar-refractivity contribution is 9.10. The molecule has 0 aliphatic carbocycles. The van der Waals surface area contributed by atoms with Crippen LogP contribution >= 0.6 is 15.9 Å². The van der Waals surface area contributed by atoms with E-state index in [0.29, 0.717) is 15.9 Å². The lowest BCUT2D eigenvalue weighted by atomic mass is 10.3. The molecule has 0 atom stereocenters. The molecule has 0 aliphatic rings. The highest BCUT2D eigenvalue weighted by Gasteiger charge is 2.16. The van der Waals surface area contributed by atoms with Crippen LogP contribution in [-0.2, 0) is 0 Å². The zero-order chi connectivity index (χ0) is 14.2. The van der Waals surface area contributed by atoms with Crippen LogP contribution in [0.25, 0.3) is 5.69 Å². The first-order chi connectivity index (χ1) is 8.90. The molecule has 0 spiro atoms. The minimum Gasteiger partial charge on any atom is -0.476 e. The van der Waals surface area contributed by atoms with E-state index >= 15 is 0 Å². The molecule has 0 bridgehead atoms. The average Bonchev–Trinajstić information content (AvgIpc) is 2.72. The topological polar surface area (TPSA) is 98.3 Å². The second-order valence-electron chi connectivity index (χ2n) is 3.78. The maximum atomic E-state index is 10.9. The van der Waals surface area contributed by atoms with E-state index in [-0.39, 0.29) is 11.4 Å². The Hall–Kier alpha value is -2.22. The summed E-state index contributed by atoms with van der Waals surface area (Å²) in [5, 5.41) is 23.6. The van der Waals surface area contributed by atoms with Gasteiger partial charge in [-0.2, -0.15) is 5.10 Å². The summed E-state index contributed by atoms with van der Waals surface area (Å²) in [5.74, 6) is -1.15. The van der Waals surface area contributed by atoms with Crippen LogP contribution in [0.2, 0.25) is 0 Å². The first kappa shape index (κ1) is 13.2. The molecule has 1 aromatic carbocycles. The summed E-state index contributed by atoms with van der Waals surface area (Å²) in [6.07, 6.45) is 0. The minimum absolute atomic E-state index is 0.0926. The molecule has 0 amide bonds. The van der Waals surface area contributed by atoms with Gasteiger partial charge in [-0.15, -0.1) is 0 Å². The second kappa shape index (κ2) is 4.81. The molecule has 1 N–H and O–H groups in total. The number of nitro benzene ring substituents is 1. The van der Waals surface area contributed by atoms with E-state index in [1.165, 1.54) is 28.9 Å². The zero-order valence-electron chi connectivity index (χ0n) is 9.70. The first-order valence-corrected chi connectivity index (χ1v) is 5.93. The molecule has 1 heterocycles. The lowest BCUT2D eigenvalue weighted by Gasteiger charge is -2.06. The lowest BCUT2D eigenvalue weighted by Crippen LogP contribution is -2.03. The molecule has 19 heavy (non-hydrogen) atoms. The van der Waals surface area contributed by atoms with Crippen molar-refractivity contribution >= 4 is 27.6 Å². The van der Waals surface area contributed by atoms with Crippen LogP contribution in [-0.4, -0.2) is 25.8 Å². The van der Waals surface area contributed by atoms with Gasteiger partial charge in [0.2, 0.25) is 0 Å². The van der Waals surface area contributed by atoms with Gasteiger partial charge in [-0.05, 0) is 35.0 Å². The molecule has 0 unspecified atom stereocenters. The number of rotatable bonds is 3. The van der Waals surface area contributed by atoms with Gasteiger partial charge in [0.1, 0.15) is 0 Å². The van der Waals surface area contributed by atoms with Crippen molar-refractivity contribution in [3.63, 3.8) is 0 Å². The van der Waals surface area contributed by atoms with Crippen molar-refractivity contribution in [2.24, 2.45) is 0 Å². The number of nitrogens with zero attached hydrogens (tertiary/aromatic N) is 3. The summed E-state index contributed by atoms with van der Waals surface area (Å²) < 4.78 is 1.93. The van der Waals surface area contributed by atoms with Gasteiger partial charge in [0, 0.05) is 22.3 Å². The Morgan fingerprint density at radius 2 is 2.16 bits per heavy atom. The molecule has 7 nitrogen and oxygen atoms in total. The van der Waals surface area contributed by atoms with E-state index in [1.807, 2.05) is 0 Å². The van der Waals surface area contributed by atoms with Gasteiger partial charge in [0.25, 0.3) is 5.69 Å². The summed E-state index contributed by atoms with van der Waals surface area (Å²) in [5.41, 5.74) is 0.777. The van der Waals surface area contributed by atoms with Gasteiger partial charge in [-0.3, -0.25) is 10.1 Å². The molecule has 1 aromatic heterocycles.